The summed E-state index contributed by atoms with van der Waals surface area (Å²) < 4.78 is 1.10. The van der Waals surface area contributed by atoms with Crippen molar-refractivity contribution >= 4 is 26.3 Å². The Bertz CT molecular complexity index is 44.9. The van der Waals surface area contributed by atoms with E-state index in [1.165, 1.54) is 0 Å². The first kappa shape index (κ1) is 5.40. The van der Waals surface area contributed by atoms with E-state index < -0.39 is 0 Å². The van der Waals surface area contributed by atoms with E-state index >= 15 is 0 Å². The summed E-state index contributed by atoms with van der Waals surface area (Å²) in [6.07, 6.45) is 0. The number of rotatable bonds is 0. The van der Waals surface area contributed by atoms with Crippen molar-refractivity contribution in [3.05, 3.63) is 0 Å². The second kappa shape index (κ2) is 2.63. The van der Waals surface area contributed by atoms with Crippen LogP contribution in [0.3, 0.4) is 0 Å². The van der Waals surface area contributed by atoms with Crippen LogP contribution in [0.2, 0.25) is 0 Å². The molecule has 0 N–H and O–H groups in total. The van der Waals surface area contributed by atoms with Gasteiger partial charge in [0.05, 0.1) is 3.72 Å². The quantitative estimate of drug-likeness (QED) is 0.398. The molecule has 0 aliphatic heterocycles. The second-order valence-electron chi connectivity index (χ2n) is 0.721. The van der Waals surface area contributed by atoms with Crippen LogP contribution < -0.4 is 0 Å². The summed E-state index contributed by atoms with van der Waals surface area (Å²) in [4.78, 5) is 3.79. The molecule has 0 aromatic rings. The van der Waals surface area contributed by atoms with Gasteiger partial charge in [0.15, 0.2) is 0 Å². The van der Waals surface area contributed by atoms with Crippen molar-refractivity contribution in [1.82, 2.24) is 0 Å². The minimum atomic E-state index is 1.10. The summed E-state index contributed by atoms with van der Waals surface area (Å²) in [7, 11) is 1.78. The Hall–Kier alpha value is 0.400. The molecule has 0 fully saturated rings. The highest BCUT2D eigenvalue weighted by molar-refractivity contribution is 14.1. The van der Waals surface area contributed by atoms with Gasteiger partial charge in [-0.1, -0.05) is 0 Å². The number of halogens is 1. The SMILES string of the molecule is C/N=C(/C)I. The van der Waals surface area contributed by atoms with Gasteiger partial charge in [0.1, 0.15) is 0 Å². The molecule has 0 heterocycles. The molecule has 0 saturated heterocycles. The number of nitrogens with zero attached hydrogens (tertiary/aromatic N) is 1. The van der Waals surface area contributed by atoms with E-state index in [4.69, 9.17) is 0 Å². The zero-order valence-electron chi connectivity index (χ0n) is 3.33. The molecule has 1 nitrogen and oxygen atoms in total. The van der Waals surface area contributed by atoms with Gasteiger partial charge in [0.25, 0.3) is 0 Å². The predicted molar refractivity (Wildman–Crippen MR) is 33.1 cm³/mol. The molecule has 0 unspecified atom stereocenters. The summed E-state index contributed by atoms with van der Waals surface area (Å²) in [5.74, 6) is 0. The number of hydrogen-bond donors (Lipinski definition) is 0. The molecule has 0 rings (SSSR count). The average molecular weight is 183 g/mol. The molecule has 0 spiro atoms. The lowest BCUT2D eigenvalue weighted by atomic mass is 10.9. The van der Waals surface area contributed by atoms with Gasteiger partial charge in [0, 0.05) is 7.05 Å². The molecule has 5 heavy (non-hydrogen) atoms. The molecule has 0 saturated carbocycles. The maximum atomic E-state index is 3.79. The molecular weight excluding hydrogens is 177 g/mol. The Morgan fingerprint density at radius 1 is 1.80 bits per heavy atom. The van der Waals surface area contributed by atoms with Crippen LogP contribution in [0.4, 0.5) is 0 Å². The minimum Gasteiger partial charge on any atom is -0.287 e. The van der Waals surface area contributed by atoms with Crippen LogP contribution in [0.5, 0.6) is 0 Å². The topological polar surface area (TPSA) is 12.4 Å². The lowest BCUT2D eigenvalue weighted by molar-refractivity contribution is 1.46. The molecule has 0 radical (unpaired) electrons. The molecule has 0 amide bonds. The third-order valence-corrected chi connectivity index (χ3v) is 0.791. The Kier molecular flexibility index (Phi) is 2.84. The highest BCUT2D eigenvalue weighted by Crippen LogP contribution is 1.82. The van der Waals surface area contributed by atoms with Gasteiger partial charge in [-0.15, -0.1) is 0 Å². The van der Waals surface area contributed by atoms with Crippen LogP contribution in [-0.2, 0) is 0 Å². The lowest BCUT2D eigenvalue weighted by Crippen LogP contribution is -1.66. The Balaban J connectivity index is 3.14. The first-order valence-electron chi connectivity index (χ1n) is 1.36. The summed E-state index contributed by atoms with van der Waals surface area (Å²) >= 11 is 2.16. The van der Waals surface area contributed by atoms with Crippen LogP contribution in [0.25, 0.3) is 0 Å². The van der Waals surface area contributed by atoms with Crippen LogP contribution >= 0.6 is 22.6 Å². The van der Waals surface area contributed by atoms with E-state index in [-0.39, 0.29) is 0 Å². The van der Waals surface area contributed by atoms with E-state index in [9.17, 15) is 0 Å². The van der Waals surface area contributed by atoms with Gasteiger partial charge in [-0.2, -0.15) is 0 Å². The molecule has 0 aromatic heterocycles. The third kappa shape index (κ3) is 4.40. The minimum absolute atomic E-state index is 1.10. The molecule has 0 aromatic carbocycles. The summed E-state index contributed by atoms with van der Waals surface area (Å²) in [6.45, 7) is 1.96. The Morgan fingerprint density at radius 3 is 2.00 bits per heavy atom. The van der Waals surface area contributed by atoms with Crippen LogP contribution in [0.1, 0.15) is 6.92 Å². The van der Waals surface area contributed by atoms with Gasteiger partial charge in [-0.05, 0) is 29.5 Å². The maximum Gasteiger partial charge on any atom is 0.0694 e. The van der Waals surface area contributed by atoms with E-state index in [0.717, 1.165) is 3.72 Å². The molecule has 0 aliphatic carbocycles. The molecule has 30 valence electrons. The normalized spacial score (nSPS) is 12.2. The largest absolute Gasteiger partial charge is 0.287 e. The lowest BCUT2D eigenvalue weighted by Gasteiger charge is -1.71. The summed E-state index contributed by atoms with van der Waals surface area (Å²) in [6, 6.07) is 0. The van der Waals surface area contributed by atoms with Gasteiger partial charge in [-0.3, -0.25) is 4.99 Å². The van der Waals surface area contributed by atoms with Gasteiger partial charge in [-0.25, -0.2) is 0 Å². The van der Waals surface area contributed by atoms with Gasteiger partial charge >= 0.3 is 0 Å². The fourth-order valence-corrected chi connectivity index (χ4v) is 0. The monoisotopic (exact) mass is 183 g/mol. The predicted octanol–water partition coefficient (Wildman–Crippen LogP) is 1.47. The highest BCUT2D eigenvalue weighted by atomic mass is 127. The molecule has 2 heteroatoms. The third-order valence-electron chi connectivity index (χ3n) is 0.308. The van der Waals surface area contributed by atoms with E-state index in [1.54, 1.807) is 7.05 Å². The highest BCUT2D eigenvalue weighted by Gasteiger charge is 1.65. The molecule has 0 aliphatic rings. The fourth-order valence-electron chi connectivity index (χ4n) is 0. The molecule has 0 atom stereocenters. The fraction of sp³-hybridized carbons (Fsp3) is 0.667. The van der Waals surface area contributed by atoms with Crippen LogP contribution in [0, 0.1) is 0 Å². The second-order valence-corrected chi connectivity index (χ2v) is 2.28. The Morgan fingerprint density at radius 2 is 2.00 bits per heavy atom. The van der Waals surface area contributed by atoms with Crippen molar-refractivity contribution < 1.29 is 0 Å². The molecule has 0 bridgehead atoms. The average Bonchev–Trinajstić information content (AvgIpc) is 1.38. The smallest absolute Gasteiger partial charge is 0.0694 e. The van der Waals surface area contributed by atoms with E-state index in [2.05, 4.69) is 27.6 Å². The zero-order valence-corrected chi connectivity index (χ0v) is 5.48. The van der Waals surface area contributed by atoms with Crippen molar-refractivity contribution in [2.24, 2.45) is 4.99 Å². The first-order valence-corrected chi connectivity index (χ1v) is 2.44. The number of hydrogen-bond acceptors (Lipinski definition) is 1. The van der Waals surface area contributed by atoms with Crippen molar-refractivity contribution in [3.8, 4) is 0 Å². The molecular formula is C3H6IN. The van der Waals surface area contributed by atoms with Crippen molar-refractivity contribution in [3.63, 3.8) is 0 Å². The maximum absolute atomic E-state index is 3.79. The van der Waals surface area contributed by atoms with Crippen LogP contribution in [-0.4, -0.2) is 10.8 Å². The van der Waals surface area contributed by atoms with E-state index in [1.807, 2.05) is 6.92 Å². The zero-order chi connectivity index (χ0) is 4.28. The summed E-state index contributed by atoms with van der Waals surface area (Å²) in [5.41, 5.74) is 0. The van der Waals surface area contributed by atoms with Gasteiger partial charge in [0.2, 0.25) is 0 Å². The number of aliphatic imine (C=N–C) groups is 1. The van der Waals surface area contributed by atoms with Crippen molar-refractivity contribution in [2.75, 3.05) is 7.05 Å². The van der Waals surface area contributed by atoms with E-state index in [0.29, 0.717) is 0 Å². The van der Waals surface area contributed by atoms with Gasteiger partial charge < -0.3 is 0 Å². The standard InChI is InChI=1S/C3H6IN/c1-3(4)5-2/h1-2H3/b5-3-. The Labute approximate surface area is 45.6 Å². The van der Waals surface area contributed by atoms with Crippen molar-refractivity contribution in [1.29, 1.82) is 0 Å². The van der Waals surface area contributed by atoms with Crippen LogP contribution in [0.15, 0.2) is 4.99 Å². The summed E-state index contributed by atoms with van der Waals surface area (Å²) in [5, 5.41) is 0. The van der Waals surface area contributed by atoms with Crippen molar-refractivity contribution in [2.45, 2.75) is 6.92 Å². The first-order chi connectivity index (χ1) is 2.27.